The van der Waals surface area contributed by atoms with Crippen LogP contribution in [0.15, 0.2) is 0 Å². The second kappa shape index (κ2) is 4.49. The van der Waals surface area contributed by atoms with Gasteiger partial charge in [0.2, 0.25) is 10.0 Å². The van der Waals surface area contributed by atoms with Crippen LogP contribution in [0.4, 0.5) is 0 Å². The average molecular weight is 233 g/mol. The van der Waals surface area contributed by atoms with Crippen LogP contribution in [-0.2, 0) is 10.0 Å². The van der Waals surface area contributed by atoms with E-state index in [2.05, 4.69) is 0 Å². The minimum atomic E-state index is -3.14. The van der Waals surface area contributed by atoms with E-state index in [1.54, 1.807) is 0 Å². The predicted molar refractivity (Wildman–Crippen MR) is 60.3 cm³/mol. The Hall–Kier alpha value is -0.620. The molecule has 88 valence electrons. The summed E-state index contributed by atoms with van der Waals surface area (Å²) in [5.74, 6) is 0.0339. The van der Waals surface area contributed by atoms with Crippen LogP contribution in [0.1, 0.15) is 33.1 Å². The minimum Gasteiger partial charge on any atom is -0.388 e. The van der Waals surface area contributed by atoms with E-state index in [4.69, 9.17) is 11.1 Å². The van der Waals surface area contributed by atoms with Crippen LogP contribution < -0.4 is 5.73 Å². The fourth-order valence-electron chi connectivity index (χ4n) is 1.47. The third-order valence-corrected chi connectivity index (χ3v) is 5.02. The van der Waals surface area contributed by atoms with Crippen molar-refractivity contribution in [3.8, 4) is 0 Å². The summed E-state index contributed by atoms with van der Waals surface area (Å²) in [6.07, 6.45) is 1.85. The number of nitrogens with two attached hydrogens (primary N) is 1. The van der Waals surface area contributed by atoms with Crippen LogP contribution in [0, 0.1) is 5.41 Å². The Bertz CT molecular complexity index is 333. The maximum absolute atomic E-state index is 12.0. The van der Waals surface area contributed by atoms with Gasteiger partial charge in [0.1, 0.15) is 0 Å². The molecule has 0 radical (unpaired) electrons. The molecule has 3 N–H and O–H groups in total. The molecule has 0 bridgehead atoms. The molecule has 0 amide bonds. The Morgan fingerprint density at radius 2 is 2.07 bits per heavy atom. The fraction of sp³-hybridized carbons (Fsp3) is 0.889. The molecule has 1 aliphatic carbocycles. The standard InChI is InChI=1S/C9H19N3O2S/c1-7(2)12(6-5-9(10)11)15(13,14)8-3-4-8/h7-8H,3-6H2,1-2H3,(H3,10,11). The second-order valence-corrected chi connectivity index (χ2v) is 6.39. The molecule has 1 fully saturated rings. The lowest BCUT2D eigenvalue weighted by atomic mass is 10.3. The summed E-state index contributed by atoms with van der Waals surface area (Å²) < 4.78 is 25.4. The summed E-state index contributed by atoms with van der Waals surface area (Å²) in [6, 6.07) is -0.0602. The highest BCUT2D eigenvalue weighted by molar-refractivity contribution is 7.90. The zero-order chi connectivity index (χ0) is 11.6. The van der Waals surface area contributed by atoms with Crippen molar-refractivity contribution in [3.05, 3.63) is 0 Å². The van der Waals surface area contributed by atoms with Gasteiger partial charge in [0, 0.05) is 19.0 Å². The molecule has 5 nitrogen and oxygen atoms in total. The fourth-order valence-corrected chi connectivity index (χ4v) is 3.52. The number of amidine groups is 1. The maximum Gasteiger partial charge on any atom is 0.217 e. The summed E-state index contributed by atoms with van der Waals surface area (Å²) in [7, 11) is -3.14. The van der Waals surface area contributed by atoms with E-state index >= 15 is 0 Å². The Balaban J connectivity index is 2.69. The predicted octanol–water partition coefficient (Wildman–Crippen LogP) is 0.515. The van der Waals surface area contributed by atoms with E-state index in [1.807, 2.05) is 13.8 Å². The number of nitrogens with zero attached hydrogens (tertiary/aromatic N) is 1. The minimum absolute atomic E-state index is 0.0339. The normalized spacial score (nSPS) is 17.3. The Morgan fingerprint density at radius 1 is 1.53 bits per heavy atom. The van der Waals surface area contributed by atoms with Crippen molar-refractivity contribution in [1.29, 1.82) is 5.41 Å². The first-order valence-corrected chi connectivity index (χ1v) is 6.69. The van der Waals surface area contributed by atoms with E-state index in [-0.39, 0.29) is 17.1 Å². The highest BCUT2D eigenvalue weighted by Crippen LogP contribution is 2.31. The van der Waals surface area contributed by atoms with Crippen LogP contribution in [0.3, 0.4) is 0 Å². The quantitative estimate of drug-likeness (QED) is 0.518. The number of sulfonamides is 1. The van der Waals surface area contributed by atoms with Gasteiger partial charge in [-0.2, -0.15) is 4.31 Å². The highest BCUT2D eigenvalue weighted by Gasteiger charge is 2.40. The van der Waals surface area contributed by atoms with Crippen LogP contribution in [-0.4, -0.2) is 36.4 Å². The van der Waals surface area contributed by atoms with Gasteiger partial charge in [0.05, 0.1) is 11.1 Å². The molecule has 0 saturated heterocycles. The van der Waals surface area contributed by atoms with Gasteiger partial charge in [-0.25, -0.2) is 8.42 Å². The van der Waals surface area contributed by atoms with Gasteiger partial charge in [-0.3, -0.25) is 5.41 Å². The Labute approximate surface area is 91.2 Å². The van der Waals surface area contributed by atoms with E-state index in [9.17, 15) is 8.42 Å². The lowest BCUT2D eigenvalue weighted by molar-refractivity contribution is 0.361. The molecule has 15 heavy (non-hydrogen) atoms. The van der Waals surface area contributed by atoms with Gasteiger partial charge in [-0.05, 0) is 26.7 Å². The van der Waals surface area contributed by atoms with Gasteiger partial charge in [0.25, 0.3) is 0 Å². The highest BCUT2D eigenvalue weighted by atomic mass is 32.2. The van der Waals surface area contributed by atoms with Crippen molar-refractivity contribution in [2.24, 2.45) is 5.73 Å². The van der Waals surface area contributed by atoms with Gasteiger partial charge in [-0.1, -0.05) is 0 Å². The molecule has 1 rings (SSSR count). The van der Waals surface area contributed by atoms with Crippen molar-refractivity contribution in [1.82, 2.24) is 4.31 Å². The van der Waals surface area contributed by atoms with Gasteiger partial charge >= 0.3 is 0 Å². The topological polar surface area (TPSA) is 87.2 Å². The first-order chi connectivity index (χ1) is 6.85. The Kier molecular flexibility index (Phi) is 3.72. The van der Waals surface area contributed by atoms with Crippen molar-refractivity contribution in [3.63, 3.8) is 0 Å². The van der Waals surface area contributed by atoms with Crippen molar-refractivity contribution in [2.75, 3.05) is 6.54 Å². The molecule has 6 heteroatoms. The molecule has 0 atom stereocenters. The van der Waals surface area contributed by atoms with Crippen molar-refractivity contribution < 1.29 is 8.42 Å². The SMILES string of the molecule is CC(C)N(CCC(=N)N)S(=O)(=O)C1CC1. The van der Waals surface area contributed by atoms with Gasteiger partial charge in [0.15, 0.2) is 0 Å². The van der Waals surface area contributed by atoms with E-state index in [0.717, 1.165) is 12.8 Å². The largest absolute Gasteiger partial charge is 0.388 e. The monoisotopic (exact) mass is 233 g/mol. The molecule has 0 unspecified atom stereocenters. The molecule has 0 aromatic rings. The second-order valence-electron chi connectivity index (χ2n) is 4.22. The molecule has 0 aliphatic heterocycles. The number of hydrogen-bond donors (Lipinski definition) is 2. The molecular weight excluding hydrogens is 214 g/mol. The summed E-state index contributed by atoms with van der Waals surface area (Å²) >= 11 is 0. The molecule has 1 saturated carbocycles. The third-order valence-electron chi connectivity index (χ3n) is 2.45. The van der Waals surface area contributed by atoms with E-state index < -0.39 is 10.0 Å². The molecule has 0 spiro atoms. The number of rotatable bonds is 6. The number of hydrogen-bond acceptors (Lipinski definition) is 3. The zero-order valence-corrected chi connectivity index (χ0v) is 10.0. The lowest BCUT2D eigenvalue weighted by Gasteiger charge is -2.25. The van der Waals surface area contributed by atoms with Crippen LogP contribution in [0.5, 0.6) is 0 Å². The third kappa shape index (κ3) is 3.17. The smallest absolute Gasteiger partial charge is 0.217 e. The average Bonchev–Trinajstić information content (AvgIpc) is 2.83. The molecule has 0 heterocycles. The van der Waals surface area contributed by atoms with E-state index in [1.165, 1.54) is 4.31 Å². The van der Waals surface area contributed by atoms with Gasteiger partial charge < -0.3 is 5.73 Å². The first kappa shape index (κ1) is 12.4. The number of nitrogens with one attached hydrogen (secondary N) is 1. The molecule has 0 aromatic heterocycles. The van der Waals surface area contributed by atoms with Crippen molar-refractivity contribution >= 4 is 15.9 Å². The van der Waals surface area contributed by atoms with Crippen LogP contribution >= 0.6 is 0 Å². The Morgan fingerprint density at radius 3 is 2.40 bits per heavy atom. The van der Waals surface area contributed by atoms with Crippen LogP contribution in [0.2, 0.25) is 0 Å². The molecular formula is C9H19N3O2S. The summed E-state index contributed by atoms with van der Waals surface area (Å²) in [6.45, 7) is 4.02. The lowest BCUT2D eigenvalue weighted by Crippen LogP contribution is -2.40. The first-order valence-electron chi connectivity index (χ1n) is 5.19. The van der Waals surface area contributed by atoms with Crippen molar-refractivity contribution in [2.45, 2.75) is 44.4 Å². The van der Waals surface area contributed by atoms with Crippen LogP contribution in [0.25, 0.3) is 0 Å². The van der Waals surface area contributed by atoms with Gasteiger partial charge in [-0.15, -0.1) is 0 Å². The molecule has 1 aliphatic rings. The maximum atomic E-state index is 12.0. The summed E-state index contributed by atoms with van der Waals surface area (Å²) in [4.78, 5) is 0. The van der Waals surface area contributed by atoms with E-state index in [0.29, 0.717) is 13.0 Å². The summed E-state index contributed by atoms with van der Waals surface area (Å²) in [5.41, 5.74) is 5.24. The zero-order valence-electron chi connectivity index (χ0n) is 9.23. The molecule has 0 aromatic carbocycles. The summed E-state index contributed by atoms with van der Waals surface area (Å²) in [5, 5.41) is 6.92.